The monoisotopic (exact) mass is 406 g/mol. The molecule has 0 aliphatic carbocycles. The van der Waals surface area contributed by atoms with Gasteiger partial charge in [-0.1, -0.05) is 48.5 Å². The molecule has 0 fully saturated rings. The summed E-state index contributed by atoms with van der Waals surface area (Å²) < 4.78 is 26.2. The predicted molar refractivity (Wildman–Crippen MR) is 109 cm³/mol. The van der Waals surface area contributed by atoms with Crippen LogP contribution in [-0.4, -0.2) is 31.1 Å². The van der Waals surface area contributed by atoms with Crippen LogP contribution in [0.15, 0.2) is 89.8 Å². The Hall–Kier alpha value is -3.45. The topological polar surface area (TPSA) is 74.8 Å². The van der Waals surface area contributed by atoms with Crippen LogP contribution in [-0.2, 0) is 14.8 Å². The molecule has 0 saturated carbocycles. The summed E-state index contributed by atoms with van der Waals surface area (Å²) in [6.45, 7) is -0.217. The largest absolute Gasteiger partial charge is 0.281 e. The van der Waals surface area contributed by atoms with Crippen molar-refractivity contribution in [1.29, 1.82) is 0 Å². The maximum absolute atomic E-state index is 13.1. The van der Waals surface area contributed by atoms with E-state index in [9.17, 15) is 18.0 Å². The maximum atomic E-state index is 13.1. The van der Waals surface area contributed by atoms with E-state index in [4.69, 9.17) is 0 Å². The molecule has 1 heterocycles. The molecule has 3 aromatic rings. The van der Waals surface area contributed by atoms with Crippen molar-refractivity contribution in [3.05, 3.63) is 90.5 Å². The number of anilines is 2. The minimum absolute atomic E-state index is 0.0135. The van der Waals surface area contributed by atoms with E-state index in [2.05, 4.69) is 0 Å². The number of sulfonamides is 1. The minimum Gasteiger partial charge on any atom is -0.281 e. The number of hydrogen-bond acceptors (Lipinski definition) is 4. The molecular weight excluding hydrogens is 388 g/mol. The molecule has 0 aromatic heterocycles. The summed E-state index contributed by atoms with van der Waals surface area (Å²) in [5.74, 6) is -0.902. The molecule has 4 rings (SSSR count). The SMILES string of the molecule is O=C(CCN1C(=O)c2ccccc2S1(=O)=O)N(c1ccccc1)c1ccccc1. The molecule has 0 unspecified atom stereocenters. The van der Waals surface area contributed by atoms with Crippen molar-refractivity contribution >= 4 is 33.2 Å². The summed E-state index contributed by atoms with van der Waals surface area (Å²) in [4.78, 5) is 27.2. The van der Waals surface area contributed by atoms with Gasteiger partial charge in [0.2, 0.25) is 5.91 Å². The third kappa shape index (κ3) is 3.40. The Labute approximate surface area is 169 Å². The van der Waals surface area contributed by atoms with Gasteiger partial charge in [-0.25, -0.2) is 12.7 Å². The third-order valence-electron chi connectivity index (χ3n) is 4.72. The highest BCUT2D eigenvalue weighted by atomic mass is 32.2. The molecule has 0 atom stereocenters. The van der Waals surface area contributed by atoms with E-state index in [-0.39, 0.29) is 29.3 Å². The number of para-hydroxylation sites is 2. The number of benzene rings is 3. The van der Waals surface area contributed by atoms with E-state index >= 15 is 0 Å². The standard InChI is InChI=1S/C22H18N2O4S/c25-21(24(17-9-3-1-4-10-17)18-11-5-2-6-12-18)15-16-23-22(26)19-13-7-8-14-20(19)29(23,27)28/h1-14H,15-16H2. The van der Waals surface area contributed by atoms with Gasteiger partial charge in [-0.15, -0.1) is 0 Å². The molecule has 3 aromatic carbocycles. The van der Waals surface area contributed by atoms with Crippen LogP contribution in [0.25, 0.3) is 0 Å². The first-order valence-corrected chi connectivity index (χ1v) is 10.5. The fourth-order valence-electron chi connectivity index (χ4n) is 3.35. The number of carbonyl (C=O) groups excluding carboxylic acids is 2. The van der Waals surface area contributed by atoms with Crippen LogP contribution >= 0.6 is 0 Å². The van der Waals surface area contributed by atoms with Gasteiger partial charge in [0.15, 0.2) is 0 Å². The predicted octanol–water partition coefficient (Wildman–Crippen LogP) is 3.59. The van der Waals surface area contributed by atoms with Crippen LogP contribution in [0, 0.1) is 0 Å². The number of fused-ring (bicyclic) bond motifs is 1. The summed E-state index contributed by atoms with van der Waals surface area (Å²) in [6, 6.07) is 24.3. The molecule has 6 nitrogen and oxygen atoms in total. The first-order valence-electron chi connectivity index (χ1n) is 9.09. The highest BCUT2D eigenvalue weighted by Gasteiger charge is 2.40. The van der Waals surface area contributed by atoms with Gasteiger partial charge in [0.25, 0.3) is 15.9 Å². The molecule has 0 N–H and O–H groups in total. The zero-order chi connectivity index (χ0) is 20.4. The second-order valence-corrected chi connectivity index (χ2v) is 8.36. The Balaban J connectivity index is 1.59. The maximum Gasteiger partial charge on any atom is 0.269 e. The Kier molecular flexibility index (Phi) is 4.90. The van der Waals surface area contributed by atoms with E-state index < -0.39 is 15.9 Å². The van der Waals surface area contributed by atoms with Crippen molar-refractivity contribution in [2.24, 2.45) is 0 Å². The van der Waals surface area contributed by atoms with E-state index in [1.54, 1.807) is 36.4 Å². The summed E-state index contributed by atoms with van der Waals surface area (Å²) >= 11 is 0. The van der Waals surface area contributed by atoms with Gasteiger partial charge < -0.3 is 0 Å². The fourth-order valence-corrected chi connectivity index (χ4v) is 4.92. The van der Waals surface area contributed by atoms with Gasteiger partial charge in [-0.05, 0) is 36.4 Å². The first-order chi connectivity index (χ1) is 14.0. The van der Waals surface area contributed by atoms with Gasteiger partial charge >= 0.3 is 0 Å². The minimum atomic E-state index is -3.93. The van der Waals surface area contributed by atoms with E-state index in [0.717, 1.165) is 4.31 Å². The van der Waals surface area contributed by atoms with Crippen molar-refractivity contribution in [1.82, 2.24) is 4.31 Å². The number of amides is 2. The summed E-state index contributed by atoms with van der Waals surface area (Å²) in [6.07, 6.45) is -0.136. The Morgan fingerprint density at radius 1 is 0.793 bits per heavy atom. The normalized spacial score (nSPS) is 14.5. The second-order valence-electron chi connectivity index (χ2n) is 6.53. The van der Waals surface area contributed by atoms with E-state index in [1.165, 1.54) is 17.0 Å². The average molecular weight is 406 g/mol. The number of nitrogens with zero attached hydrogens (tertiary/aromatic N) is 2. The van der Waals surface area contributed by atoms with Gasteiger partial charge in [0.05, 0.1) is 5.56 Å². The quantitative estimate of drug-likeness (QED) is 0.649. The van der Waals surface area contributed by atoms with Crippen molar-refractivity contribution in [3.63, 3.8) is 0 Å². The zero-order valence-corrected chi connectivity index (χ0v) is 16.2. The van der Waals surface area contributed by atoms with Crippen LogP contribution < -0.4 is 4.90 Å². The van der Waals surface area contributed by atoms with Crippen LogP contribution in [0.5, 0.6) is 0 Å². The lowest BCUT2D eigenvalue weighted by Gasteiger charge is -2.24. The molecule has 0 radical (unpaired) electrons. The Morgan fingerprint density at radius 2 is 1.31 bits per heavy atom. The van der Waals surface area contributed by atoms with Crippen molar-refractivity contribution in [2.75, 3.05) is 11.4 Å². The van der Waals surface area contributed by atoms with Crippen LogP contribution in [0.2, 0.25) is 0 Å². The fraction of sp³-hybridized carbons (Fsp3) is 0.0909. The summed E-state index contributed by atoms with van der Waals surface area (Å²) in [5.41, 5.74) is 1.48. The second kappa shape index (κ2) is 7.52. The Bertz CT molecular complexity index is 1120. The molecule has 0 spiro atoms. The number of carbonyl (C=O) groups is 2. The highest BCUT2D eigenvalue weighted by Crippen LogP contribution is 2.31. The molecule has 7 heteroatoms. The van der Waals surface area contributed by atoms with Crippen molar-refractivity contribution < 1.29 is 18.0 Å². The van der Waals surface area contributed by atoms with Gasteiger partial charge in [0, 0.05) is 24.3 Å². The molecular formula is C22H18N2O4S. The van der Waals surface area contributed by atoms with Crippen LogP contribution in [0.3, 0.4) is 0 Å². The molecule has 29 heavy (non-hydrogen) atoms. The van der Waals surface area contributed by atoms with Gasteiger partial charge in [0.1, 0.15) is 4.90 Å². The molecule has 0 saturated heterocycles. The zero-order valence-electron chi connectivity index (χ0n) is 15.4. The smallest absolute Gasteiger partial charge is 0.269 e. The molecule has 146 valence electrons. The first kappa shape index (κ1) is 18.9. The average Bonchev–Trinajstić information content (AvgIpc) is 2.94. The van der Waals surface area contributed by atoms with E-state index in [0.29, 0.717) is 11.4 Å². The lowest BCUT2D eigenvalue weighted by atomic mass is 10.2. The lowest BCUT2D eigenvalue weighted by Crippen LogP contribution is -2.35. The molecule has 1 aliphatic heterocycles. The number of hydrogen-bond donors (Lipinski definition) is 0. The Morgan fingerprint density at radius 3 is 1.86 bits per heavy atom. The van der Waals surface area contributed by atoms with Crippen LogP contribution in [0.4, 0.5) is 11.4 Å². The third-order valence-corrected chi connectivity index (χ3v) is 6.56. The summed E-state index contributed by atoms with van der Waals surface area (Å²) in [5, 5.41) is 0. The molecule has 1 aliphatic rings. The molecule has 0 bridgehead atoms. The number of rotatable bonds is 5. The van der Waals surface area contributed by atoms with E-state index in [1.807, 2.05) is 36.4 Å². The summed E-state index contributed by atoms with van der Waals surface area (Å²) in [7, 11) is -3.93. The van der Waals surface area contributed by atoms with Crippen LogP contribution in [0.1, 0.15) is 16.8 Å². The highest BCUT2D eigenvalue weighted by molar-refractivity contribution is 7.90. The molecule has 2 amide bonds. The van der Waals surface area contributed by atoms with Gasteiger partial charge in [-0.3, -0.25) is 14.5 Å². The van der Waals surface area contributed by atoms with Gasteiger partial charge in [-0.2, -0.15) is 0 Å². The van der Waals surface area contributed by atoms with Crippen molar-refractivity contribution in [3.8, 4) is 0 Å². The van der Waals surface area contributed by atoms with Crippen molar-refractivity contribution in [2.45, 2.75) is 11.3 Å². The lowest BCUT2D eigenvalue weighted by molar-refractivity contribution is -0.117.